The van der Waals surface area contributed by atoms with Crippen LogP contribution in [-0.4, -0.2) is 38.9 Å². The van der Waals surface area contributed by atoms with E-state index < -0.39 is 9.84 Å². The van der Waals surface area contributed by atoms with E-state index in [0.29, 0.717) is 18.5 Å². The molecule has 1 saturated heterocycles. The fourth-order valence-electron chi connectivity index (χ4n) is 3.52. The zero-order chi connectivity index (χ0) is 19.0. The average molecular weight is 383 g/mol. The third-order valence-corrected chi connectivity index (χ3v) is 6.67. The van der Waals surface area contributed by atoms with Gasteiger partial charge in [-0.25, -0.2) is 8.42 Å². The van der Waals surface area contributed by atoms with Crippen LogP contribution in [0.15, 0.2) is 54.7 Å². The van der Waals surface area contributed by atoms with Gasteiger partial charge in [-0.2, -0.15) is 0 Å². The fourth-order valence-corrected chi connectivity index (χ4v) is 4.50. The number of benzene rings is 2. The largest absolute Gasteiger partial charge is 0.370 e. The molecule has 1 amide bonds. The maximum absolute atomic E-state index is 12.1. The number of para-hydroxylation sites is 1. The van der Waals surface area contributed by atoms with Crippen LogP contribution in [-0.2, 0) is 14.6 Å². The smallest absolute Gasteiger partial charge is 0.257 e. The quantitative estimate of drug-likeness (QED) is 0.794. The van der Waals surface area contributed by atoms with Crippen molar-refractivity contribution in [2.45, 2.75) is 11.7 Å². The average Bonchev–Trinajstić information content (AvgIpc) is 3.25. The number of amides is 1. The lowest BCUT2D eigenvalue weighted by molar-refractivity contribution is -0.110. The first-order chi connectivity index (χ1) is 12.9. The number of rotatable bonds is 4. The summed E-state index contributed by atoms with van der Waals surface area (Å²) in [6, 6.07) is 15.4. The highest BCUT2D eigenvalue weighted by atomic mass is 32.2. The van der Waals surface area contributed by atoms with Gasteiger partial charge in [0.25, 0.3) is 5.91 Å². The topological polar surface area (TPSA) is 78.5 Å². The molecule has 1 atom stereocenters. The molecule has 2 aliphatic rings. The van der Waals surface area contributed by atoms with Gasteiger partial charge in [-0.05, 0) is 36.8 Å². The van der Waals surface area contributed by atoms with Crippen molar-refractivity contribution in [2.24, 2.45) is 0 Å². The number of sulfone groups is 1. The summed E-state index contributed by atoms with van der Waals surface area (Å²) in [5.74, 6) is -0.121. The summed E-state index contributed by atoms with van der Waals surface area (Å²) in [7, 11) is -3.00. The standard InChI is InChI=1S/C20H21N3O3S/c1-27(25,26)16-10-11-23(13-16)15-8-6-14(7-9-15)21-12-18-17-4-2-3-5-19(17)22-20(18)24/h2-9,12,16,21H,10-11,13H2,1H3,(H,22,24). The molecule has 2 aromatic rings. The van der Waals surface area contributed by atoms with E-state index in [9.17, 15) is 13.2 Å². The van der Waals surface area contributed by atoms with Crippen LogP contribution < -0.4 is 15.5 Å². The Balaban J connectivity index is 1.46. The van der Waals surface area contributed by atoms with E-state index >= 15 is 0 Å². The lowest BCUT2D eigenvalue weighted by Gasteiger charge is -2.18. The van der Waals surface area contributed by atoms with Crippen LogP contribution in [0.2, 0.25) is 0 Å². The molecule has 2 aromatic carbocycles. The number of hydrogen-bond acceptors (Lipinski definition) is 5. The van der Waals surface area contributed by atoms with E-state index in [1.165, 1.54) is 6.26 Å². The molecule has 0 saturated carbocycles. The van der Waals surface area contributed by atoms with E-state index in [1.54, 1.807) is 6.20 Å². The molecule has 140 valence electrons. The van der Waals surface area contributed by atoms with Gasteiger partial charge in [0.15, 0.2) is 9.84 Å². The van der Waals surface area contributed by atoms with Gasteiger partial charge in [0.05, 0.1) is 10.8 Å². The third-order valence-electron chi connectivity index (χ3n) is 5.08. The molecule has 4 rings (SSSR count). The molecule has 6 nitrogen and oxygen atoms in total. The van der Waals surface area contributed by atoms with Crippen LogP contribution in [0.1, 0.15) is 12.0 Å². The second kappa shape index (κ2) is 6.74. The highest BCUT2D eigenvalue weighted by Gasteiger charge is 2.30. The lowest BCUT2D eigenvalue weighted by atomic mass is 10.1. The molecular weight excluding hydrogens is 362 g/mol. The van der Waals surface area contributed by atoms with Gasteiger partial charge in [-0.3, -0.25) is 4.79 Å². The first-order valence-corrected chi connectivity index (χ1v) is 10.8. The molecule has 1 unspecified atom stereocenters. The van der Waals surface area contributed by atoms with Crippen LogP contribution in [0.4, 0.5) is 17.1 Å². The summed E-state index contributed by atoms with van der Waals surface area (Å²) in [5, 5.41) is 5.72. The minimum Gasteiger partial charge on any atom is -0.370 e. The number of fused-ring (bicyclic) bond motifs is 1. The van der Waals surface area contributed by atoms with Gasteiger partial charge in [-0.15, -0.1) is 0 Å². The normalized spacial score (nSPS) is 20.6. The lowest BCUT2D eigenvalue weighted by Crippen LogP contribution is -2.25. The zero-order valence-corrected chi connectivity index (χ0v) is 15.8. The van der Waals surface area contributed by atoms with Gasteiger partial charge in [0.2, 0.25) is 0 Å². The van der Waals surface area contributed by atoms with Gasteiger partial charge in [-0.1, -0.05) is 18.2 Å². The predicted molar refractivity (Wildman–Crippen MR) is 109 cm³/mol. The summed E-state index contributed by atoms with van der Waals surface area (Å²) >= 11 is 0. The van der Waals surface area contributed by atoms with Crippen LogP contribution in [0.5, 0.6) is 0 Å². The van der Waals surface area contributed by atoms with E-state index in [4.69, 9.17) is 0 Å². The highest BCUT2D eigenvalue weighted by Crippen LogP contribution is 2.31. The van der Waals surface area contributed by atoms with E-state index in [-0.39, 0.29) is 11.2 Å². The van der Waals surface area contributed by atoms with Crippen molar-refractivity contribution < 1.29 is 13.2 Å². The van der Waals surface area contributed by atoms with Crippen LogP contribution in [0, 0.1) is 0 Å². The second-order valence-electron chi connectivity index (χ2n) is 6.94. The molecule has 0 spiro atoms. The number of nitrogens with zero attached hydrogens (tertiary/aromatic N) is 1. The Bertz CT molecular complexity index is 1010. The van der Waals surface area contributed by atoms with Crippen LogP contribution in [0.3, 0.4) is 0 Å². The second-order valence-corrected chi connectivity index (χ2v) is 9.26. The van der Waals surface area contributed by atoms with Crippen molar-refractivity contribution in [3.63, 3.8) is 0 Å². The number of carbonyl (C=O) groups excluding carboxylic acids is 1. The molecule has 2 heterocycles. The minimum absolute atomic E-state index is 0.121. The Hall–Kier alpha value is -2.80. The van der Waals surface area contributed by atoms with Crippen LogP contribution in [0.25, 0.3) is 5.57 Å². The molecule has 1 fully saturated rings. The molecule has 0 aromatic heterocycles. The Morgan fingerprint density at radius 1 is 1.15 bits per heavy atom. The van der Waals surface area contributed by atoms with E-state index in [1.807, 2.05) is 48.5 Å². The Morgan fingerprint density at radius 2 is 1.89 bits per heavy atom. The van der Waals surface area contributed by atoms with E-state index in [0.717, 1.165) is 29.2 Å². The first kappa shape index (κ1) is 17.6. The van der Waals surface area contributed by atoms with Crippen molar-refractivity contribution in [2.75, 3.05) is 34.9 Å². The molecule has 0 radical (unpaired) electrons. The Morgan fingerprint density at radius 3 is 2.59 bits per heavy atom. The Kier molecular flexibility index (Phi) is 4.39. The predicted octanol–water partition coefficient (Wildman–Crippen LogP) is 2.72. The Labute approximate surface area is 158 Å². The zero-order valence-electron chi connectivity index (χ0n) is 15.0. The van der Waals surface area contributed by atoms with Crippen LogP contribution >= 0.6 is 0 Å². The number of hydrogen-bond donors (Lipinski definition) is 2. The summed E-state index contributed by atoms with van der Waals surface area (Å²) < 4.78 is 23.4. The molecular formula is C20H21N3O3S. The molecule has 0 bridgehead atoms. The summed E-state index contributed by atoms with van der Waals surface area (Å²) in [4.78, 5) is 14.2. The van der Waals surface area contributed by atoms with E-state index in [2.05, 4.69) is 15.5 Å². The minimum atomic E-state index is -3.00. The SMILES string of the molecule is CS(=O)(=O)C1CCN(c2ccc(NC=C3C(=O)Nc4ccccc43)cc2)C1. The fraction of sp³-hybridized carbons (Fsp3) is 0.250. The number of nitrogens with one attached hydrogen (secondary N) is 2. The van der Waals surface area contributed by atoms with Crippen molar-refractivity contribution in [3.05, 3.63) is 60.3 Å². The molecule has 2 N–H and O–H groups in total. The summed E-state index contributed by atoms with van der Waals surface area (Å²) in [6.07, 6.45) is 3.68. The molecule has 0 aliphatic carbocycles. The van der Waals surface area contributed by atoms with Gasteiger partial charge in [0, 0.05) is 48.2 Å². The van der Waals surface area contributed by atoms with Crippen molar-refractivity contribution >= 4 is 38.4 Å². The first-order valence-electron chi connectivity index (χ1n) is 8.83. The number of carbonyl (C=O) groups is 1. The highest BCUT2D eigenvalue weighted by molar-refractivity contribution is 7.91. The van der Waals surface area contributed by atoms with Crippen molar-refractivity contribution in [3.8, 4) is 0 Å². The molecule has 2 aliphatic heterocycles. The number of anilines is 3. The van der Waals surface area contributed by atoms with Crippen molar-refractivity contribution in [1.29, 1.82) is 0 Å². The third kappa shape index (κ3) is 3.55. The monoisotopic (exact) mass is 383 g/mol. The summed E-state index contributed by atoms with van der Waals surface area (Å²) in [5.41, 5.74) is 4.17. The van der Waals surface area contributed by atoms with Crippen molar-refractivity contribution in [1.82, 2.24) is 0 Å². The molecule has 7 heteroatoms. The van der Waals surface area contributed by atoms with Gasteiger partial charge in [0.1, 0.15) is 0 Å². The van der Waals surface area contributed by atoms with Gasteiger partial charge < -0.3 is 15.5 Å². The molecule has 27 heavy (non-hydrogen) atoms. The maximum atomic E-state index is 12.1. The van der Waals surface area contributed by atoms with Gasteiger partial charge >= 0.3 is 0 Å². The maximum Gasteiger partial charge on any atom is 0.257 e. The summed E-state index contributed by atoms with van der Waals surface area (Å²) in [6.45, 7) is 1.28.